The third kappa shape index (κ3) is 2.09. The maximum atomic E-state index is 13.6. The maximum absolute atomic E-state index is 13.6. The number of fused-ring (bicyclic) bond motifs is 5. The van der Waals surface area contributed by atoms with Crippen LogP contribution in [0, 0.1) is 29.5 Å². The monoisotopic (exact) mass is 328 g/mol. The van der Waals surface area contributed by atoms with Gasteiger partial charge in [0.25, 0.3) is 0 Å². The second kappa shape index (κ2) is 5.26. The Morgan fingerprint density at radius 1 is 1.21 bits per heavy atom. The van der Waals surface area contributed by atoms with E-state index in [-0.39, 0.29) is 41.9 Å². The summed E-state index contributed by atoms with van der Waals surface area (Å²) in [5.74, 6) is -2.18. The number of hydrogen-bond acceptors (Lipinski definition) is 3. The van der Waals surface area contributed by atoms with E-state index in [0.29, 0.717) is 5.56 Å². The van der Waals surface area contributed by atoms with Gasteiger partial charge in [-0.1, -0.05) is 24.3 Å². The summed E-state index contributed by atoms with van der Waals surface area (Å²) in [5.41, 5.74) is 5.73. The van der Waals surface area contributed by atoms with Crippen molar-refractivity contribution in [2.45, 2.75) is 18.9 Å². The molecule has 3 amide bonds. The number of nitrogens with two attached hydrogens (primary N) is 1. The Labute approximate surface area is 138 Å². The third-order valence-corrected chi connectivity index (χ3v) is 5.44. The van der Waals surface area contributed by atoms with E-state index in [9.17, 15) is 18.8 Å². The lowest BCUT2D eigenvalue weighted by molar-refractivity contribution is -0.144. The zero-order valence-electron chi connectivity index (χ0n) is 12.9. The van der Waals surface area contributed by atoms with Crippen LogP contribution in [0.1, 0.15) is 24.4 Å². The van der Waals surface area contributed by atoms with Crippen LogP contribution >= 0.6 is 0 Å². The van der Waals surface area contributed by atoms with E-state index < -0.39 is 17.8 Å². The molecule has 5 unspecified atom stereocenters. The Kier molecular flexibility index (Phi) is 3.30. The molecule has 2 aliphatic carbocycles. The van der Waals surface area contributed by atoms with Crippen LogP contribution in [-0.2, 0) is 14.4 Å². The van der Waals surface area contributed by atoms with E-state index >= 15 is 0 Å². The molecule has 0 spiro atoms. The van der Waals surface area contributed by atoms with Crippen molar-refractivity contribution < 1.29 is 18.8 Å². The number of likely N-dealkylation sites (tertiary alicyclic amines) is 1. The lowest BCUT2D eigenvalue weighted by Gasteiger charge is -2.27. The van der Waals surface area contributed by atoms with Gasteiger partial charge in [-0.25, -0.2) is 4.39 Å². The van der Waals surface area contributed by atoms with Crippen molar-refractivity contribution in [2.24, 2.45) is 29.4 Å². The number of allylic oxidation sites excluding steroid dienone is 2. The second-order valence-electron chi connectivity index (χ2n) is 6.79. The Balaban J connectivity index is 1.72. The van der Waals surface area contributed by atoms with Crippen LogP contribution in [-0.4, -0.2) is 22.6 Å². The van der Waals surface area contributed by atoms with Crippen LogP contribution in [0.3, 0.4) is 0 Å². The van der Waals surface area contributed by atoms with Gasteiger partial charge in [-0.2, -0.15) is 0 Å². The normalized spacial score (nSPS) is 31.6. The summed E-state index contributed by atoms with van der Waals surface area (Å²) >= 11 is 0. The van der Waals surface area contributed by atoms with Crippen LogP contribution in [0.4, 0.5) is 4.39 Å². The lowest BCUT2D eigenvalue weighted by atomic mass is 9.85. The number of carbonyl (C=O) groups excluding carboxylic acids is 3. The Bertz CT molecular complexity index is 745. The van der Waals surface area contributed by atoms with Gasteiger partial charge in [0.2, 0.25) is 17.7 Å². The van der Waals surface area contributed by atoms with Gasteiger partial charge >= 0.3 is 0 Å². The van der Waals surface area contributed by atoms with Crippen LogP contribution < -0.4 is 5.73 Å². The maximum Gasteiger partial charge on any atom is 0.234 e. The largest absolute Gasteiger partial charge is 0.370 e. The fourth-order valence-electron chi connectivity index (χ4n) is 4.50. The average Bonchev–Trinajstić information content (AvgIpc) is 3.20. The van der Waals surface area contributed by atoms with Crippen molar-refractivity contribution in [3.05, 3.63) is 47.8 Å². The molecule has 3 aliphatic rings. The van der Waals surface area contributed by atoms with Gasteiger partial charge in [-0.05, 0) is 36.0 Å². The van der Waals surface area contributed by atoms with E-state index in [2.05, 4.69) is 0 Å². The number of amides is 3. The molecule has 1 heterocycles. The average molecular weight is 328 g/mol. The first-order valence-electron chi connectivity index (χ1n) is 8.06. The number of carbonyl (C=O) groups is 3. The molecule has 4 rings (SSSR count). The number of imide groups is 1. The molecule has 5 nitrogen and oxygen atoms in total. The minimum atomic E-state index is -0.844. The van der Waals surface area contributed by atoms with Crippen molar-refractivity contribution in [2.75, 3.05) is 0 Å². The van der Waals surface area contributed by atoms with Crippen LogP contribution in [0.25, 0.3) is 0 Å². The highest BCUT2D eigenvalue weighted by Crippen LogP contribution is 2.54. The number of nitrogens with zero attached hydrogens (tertiary/aromatic N) is 1. The summed E-state index contributed by atoms with van der Waals surface area (Å²) in [6, 6.07) is 4.78. The molecule has 0 radical (unpaired) electrons. The molecule has 1 aromatic rings. The van der Waals surface area contributed by atoms with Gasteiger partial charge in [0.15, 0.2) is 0 Å². The zero-order chi connectivity index (χ0) is 17.0. The molecular formula is C18H17FN2O3. The number of halogens is 1. The smallest absolute Gasteiger partial charge is 0.234 e. The molecule has 124 valence electrons. The predicted octanol–water partition coefficient (Wildman–Crippen LogP) is 1.55. The third-order valence-electron chi connectivity index (χ3n) is 5.44. The van der Waals surface area contributed by atoms with E-state index in [1.165, 1.54) is 18.2 Å². The SMILES string of the molecule is NC(=O)CC(c1cccc(F)c1)N1C(=O)C2C3C=CC(C3)C2C1=O. The van der Waals surface area contributed by atoms with Crippen LogP contribution in [0.2, 0.25) is 0 Å². The topological polar surface area (TPSA) is 80.5 Å². The molecule has 1 aromatic carbocycles. The van der Waals surface area contributed by atoms with Crippen molar-refractivity contribution >= 4 is 17.7 Å². The molecule has 1 saturated carbocycles. The van der Waals surface area contributed by atoms with Gasteiger partial charge in [0, 0.05) is 0 Å². The zero-order valence-corrected chi connectivity index (χ0v) is 12.9. The van der Waals surface area contributed by atoms with Gasteiger partial charge < -0.3 is 5.73 Å². The fraction of sp³-hybridized carbons (Fsp3) is 0.389. The first-order valence-corrected chi connectivity index (χ1v) is 8.06. The Morgan fingerprint density at radius 3 is 2.38 bits per heavy atom. The lowest BCUT2D eigenvalue weighted by Crippen LogP contribution is -2.38. The summed E-state index contributed by atoms with van der Waals surface area (Å²) in [6.45, 7) is 0. The van der Waals surface area contributed by atoms with Crippen molar-refractivity contribution in [1.29, 1.82) is 0 Å². The molecule has 2 N–H and O–H groups in total. The van der Waals surface area contributed by atoms with Gasteiger partial charge in [0.05, 0.1) is 24.3 Å². The van der Waals surface area contributed by atoms with Gasteiger partial charge in [0.1, 0.15) is 5.82 Å². The minimum absolute atomic E-state index is 0.0863. The standard InChI is InChI=1S/C18H17FN2O3/c19-12-3-1-2-9(7-12)13(8-14(20)22)21-17(23)15-10-4-5-11(6-10)16(15)18(21)24/h1-5,7,10-11,13,15-16H,6,8H2,(H2,20,22). The highest BCUT2D eigenvalue weighted by molar-refractivity contribution is 6.07. The second-order valence-corrected chi connectivity index (χ2v) is 6.79. The highest BCUT2D eigenvalue weighted by atomic mass is 19.1. The molecule has 1 aliphatic heterocycles. The van der Waals surface area contributed by atoms with E-state index in [1.807, 2.05) is 12.2 Å². The van der Waals surface area contributed by atoms with Crippen molar-refractivity contribution in [3.8, 4) is 0 Å². The molecule has 5 atom stereocenters. The number of primary amides is 1. The molecule has 24 heavy (non-hydrogen) atoms. The molecular weight excluding hydrogens is 311 g/mol. The Hall–Kier alpha value is -2.50. The molecule has 1 saturated heterocycles. The van der Waals surface area contributed by atoms with Crippen molar-refractivity contribution in [3.63, 3.8) is 0 Å². The number of hydrogen-bond donors (Lipinski definition) is 1. The highest BCUT2D eigenvalue weighted by Gasteiger charge is 2.60. The first-order chi connectivity index (χ1) is 11.5. The summed E-state index contributed by atoms with van der Waals surface area (Å²) in [4.78, 5) is 38.4. The van der Waals surface area contributed by atoms with E-state index in [4.69, 9.17) is 5.73 Å². The molecule has 6 heteroatoms. The summed E-state index contributed by atoms with van der Waals surface area (Å²) in [7, 11) is 0. The van der Waals surface area contributed by atoms with Crippen LogP contribution in [0.5, 0.6) is 0 Å². The summed E-state index contributed by atoms with van der Waals surface area (Å²) < 4.78 is 13.6. The first kappa shape index (κ1) is 15.1. The predicted molar refractivity (Wildman–Crippen MR) is 82.5 cm³/mol. The number of benzene rings is 1. The van der Waals surface area contributed by atoms with E-state index in [0.717, 1.165) is 11.3 Å². The number of rotatable bonds is 4. The van der Waals surface area contributed by atoms with E-state index in [1.54, 1.807) is 6.07 Å². The molecule has 2 bridgehead atoms. The molecule has 2 fully saturated rings. The van der Waals surface area contributed by atoms with Crippen molar-refractivity contribution in [1.82, 2.24) is 4.90 Å². The summed E-state index contributed by atoms with van der Waals surface area (Å²) in [5, 5.41) is 0. The quantitative estimate of drug-likeness (QED) is 0.672. The van der Waals surface area contributed by atoms with Gasteiger partial charge in [-0.3, -0.25) is 19.3 Å². The fourth-order valence-corrected chi connectivity index (χ4v) is 4.50. The molecule has 0 aromatic heterocycles. The Morgan fingerprint density at radius 2 is 1.83 bits per heavy atom. The minimum Gasteiger partial charge on any atom is -0.370 e. The van der Waals surface area contributed by atoms with Crippen LogP contribution in [0.15, 0.2) is 36.4 Å². The van der Waals surface area contributed by atoms with Gasteiger partial charge in [-0.15, -0.1) is 0 Å². The summed E-state index contributed by atoms with van der Waals surface area (Å²) in [6.07, 6.45) is 4.64.